The van der Waals surface area contributed by atoms with Crippen molar-refractivity contribution >= 4 is 5.97 Å². The van der Waals surface area contributed by atoms with Crippen molar-refractivity contribution in [2.45, 2.75) is 19.8 Å². The molecule has 0 radical (unpaired) electrons. The Balaban J connectivity index is 3.35. The molecule has 4 nitrogen and oxygen atoms in total. The molecule has 1 aromatic carbocycles. The van der Waals surface area contributed by atoms with Gasteiger partial charge in [-0.3, -0.25) is 0 Å². The predicted octanol–water partition coefficient (Wildman–Crippen LogP) is 2.22. The molecule has 2 N–H and O–H groups in total. The number of ether oxygens (including phenoxy) is 1. The lowest BCUT2D eigenvalue weighted by Gasteiger charge is -2.12. The highest BCUT2D eigenvalue weighted by Gasteiger charge is 2.16. The standard InChI is InChI=1S/C11H14O4/c1-6(2)7-5-10(15-3)8(11(13)14)4-9(7)12/h4-6,12H,1-3H3,(H,13,14). The summed E-state index contributed by atoms with van der Waals surface area (Å²) in [5, 5.41) is 18.5. The lowest BCUT2D eigenvalue weighted by molar-refractivity contribution is 0.0692. The zero-order valence-electron chi connectivity index (χ0n) is 8.94. The van der Waals surface area contributed by atoms with Gasteiger partial charge in [0.2, 0.25) is 0 Å². The maximum absolute atomic E-state index is 10.8. The molecule has 4 heteroatoms. The SMILES string of the molecule is COc1cc(C(C)C)c(O)cc1C(=O)O. The first-order chi connectivity index (χ1) is 6.97. The maximum atomic E-state index is 10.8. The number of hydrogen-bond acceptors (Lipinski definition) is 3. The van der Waals surface area contributed by atoms with Gasteiger partial charge in [0.1, 0.15) is 17.1 Å². The number of aromatic hydroxyl groups is 1. The minimum absolute atomic E-state index is 0.0109. The number of methoxy groups -OCH3 is 1. The fourth-order valence-corrected chi connectivity index (χ4v) is 1.38. The van der Waals surface area contributed by atoms with Crippen LogP contribution in [0.3, 0.4) is 0 Å². The van der Waals surface area contributed by atoms with Gasteiger partial charge in [0.15, 0.2) is 0 Å². The molecule has 1 aromatic rings. The molecule has 82 valence electrons. The first kappa shape index (κ1) is 11.4. The molecule has 0 atom stereocenters. The van der Waals surface area contributed by atoms with E-state index in [1.165, 1.54) is 13.2 Å². The quantitative estimate of drug-likeness (QED) is 0.802. The number of carbonyl (C=O) groups is 1. The molecule has 0 saturated heterocycles. The summed E-state index contributed by atoms with van der Waals surface area (Å²) in [4.78, 5) is 10.8. The summed E-state index contributed by atoms with van der Waals surface area (Å²) in [5.41, 5.74) is 0.649. The van der Waals surface area contributed by atoms with Crippen LogP contribution in [0.5, 0.6) is 11.5 Å². The maximum Gasteiger partial charge on any atom is 0.339 e. The first-order valence-corrected chi connectivity index (χ1v) is 4.61. The van der Waals surface area contributed by atoms with E-state index in [1.807, 2.05) is 13.8 Å². The second-order valence-electron chi connectivity index (χ2n) is 3.57. The monoisotopic (exact) mass is 210 g/mol. The molecule has 0 aliphatic carbocycles. The van der Waals surface area contributed by atoms with Crippen LogP contribution in [0.4, 0.5) is 0 Å². The Kier molecular flexibility index (Phi) is 3.19. The van der Waals surface area contributed by atoms with Crippen molar-refractivity contribution in [1.82, 2.24) is 0 Å². The average molecular weight is 210 g/mol. The van der Waals surface area contributed by atoms with E-state index in [9.17, 15) is 9.90 Å². The summed E-state index contributed by atoms with van der Waals surface area (Å²) in [6, 6.07) is 2.78. The van der Waals surface area contributed by atoms with Crippen molar-refractivity contribution in [1.29, 1.82) is 0 Å². The molecule has 0 fully saturated rings. The zero-order valence-corrected chi connectivity index (χ0v) is 8.94. The number of aromatic carboxylic acids is 1. The second-order valence-corrected chi connectivity index (χ2v) is 3.57. The highest BCUT2D eigenvalue weighted by atomic mass is 16.5. The number of carboxylic acid groups (broad SMARTS) is 1. The van der Waals surface area contributed by atoms with E-state index in [1.54, 1.807) is 6.07 Å². The van der Waals surface area contributed by atoms with E-state index in [4.69, 9.17) is 9.84 Å². The van der Waals surface area contributed by atoms with E-state index in [0.29, 0.717) is 5.56 Å². The molecule has 0 spiro atoms. The largest absolute Gasteiger partial charge is 0.508 e. The van der Waals surface area contributed by atoms with Crippen LogP contribution in [-0.2, 0) is 0 Å². The van der Waals surface area contributed by atoms with Crippen molar-refractivity contribution < 1.29 is 19.7 Å². The summed E-state index contributed by atoms with van der Waals surface area (Å²) in [6.07, 6.45) is 0. The van der Waals surface area contributed by atoms with Crippen LogP contribution in [0.1, 0.15) is 35.7 Å². The molecule has 0 aromatic heterocycles. The van der Waals surface area contributed by atoms with Gasteiger partial charge in [-0.25, -0.2) is 4.79 Å². The third-order valence-corrected chi connectivity index (χ3v) is 2.20. The molecule has 1 rings (SSSR count). The Labute approximate surface area is 88.1 Å². The number of carboxylic acids is 1. The number of benzene rings is 1. The molecular weight excluding hydrogens is 196 g/mol. The van der Waals surface area contributed by atoms with Gasteiger partial charge in [-0.05, 0) is 18.1 Å². The number of rotatable bonds is 3. The lowest BCUT2D eigenvalue weighted by atomic mass is 9.99. The third-order valence-electron chi connectivity index (χ3n) is 2.20. The van der Waals surface area contributed by atoms with Crippen LogP contribution >= 0.6 is 0 Å². The Morgan fingerprint density at radius 2 is 2.00 bits per heavy atom. The van der Waals surface area contributed by atoms with Gasteiger partial charge in [0.05, 0.1) is 7.11 Å². The van der Waals surface area contributed by atoms with Gasteiger partial charge in [-0.2, -0.15) is 0 Å². The van der Waals surface area contributed by atoms with Crippen LogP contribution in [0, 0.1) is 0 Å². The van der Waals surface area contributed by atoms with Crippen molar-refractivity contribution in [2.24, 2.45) is 0 Å². The van der Waals surface area contributed by atoms with Crippen LogP contribution in [0.25, 0.3) is 0 Å². The van der Waals surface area contributed by atoms with Crippen LogP contribution < -0.4 is 4.74 Å². The van der Waals surface area contributed by atoms with Gasteiger partial charge in [-0.1, -0.05) is 13.8 Å². The minimum atomic E-state index is -1.11. The molecule has 0 aliphatic rings. The van der Waals surface area contributed by atoms with Gasteiger partial charge >= 0.3 is 5.97 Å². The van der Waals surface area contributed by atoms with Crippen molar-refractivity contribution in [3.63, 3.8) is 0 Å². The Bertz CT molecular complexity index is 382. The molecule has 15 heavy (non-hydrogen) atoms. The Hall–Kier alpha value is -1.71. The summed E-state index contributed by atoms with van der Waals surface area (Å²) in [7, 11) is 1.41. The first-order valence-electron chi connectivity index (χ1n) is 4.61. The molecular formula is C11H14O4. The Morgan fingerprint density at radius 3 is 2.40 bits per heavy atom. The van der Waals surface area contributed by atoms with E-state index in [2.05, 4.69) is 0 Å². The van der Waals surface area contributed by atoms with Crippen LogP contribution in [0.15, 0.2) is 12.1 Å². The number of phenolic OH excluding ortho intramolecular Hbond substituents is 1. The van der Waals surface area contributed by atoms with Gasteiger partial charge in [0.25, 0.3) is 0 Å². The highest BCUT2D eigenvalue weighted by molar-refractivity contribution is 5.91. The number of phenols is 1. The fourth-order valence-electron chi connectivity index (χ4n) is 1.38. The summed E-state index contributed by atoms with van der Waals surface area (Å²) < 4.78 is 4.96. The second kappa shape index (κ2) is 4.21. The van der Waals surface area contributed by atoms with Crippen molar-refractivity contribution in [2.75, 3.05) is 7.11 Å². The summed E-state index contributed by atoms with van der Waals surface area (Å²) in [5.74, 6) is -0.744. The van der Waals surface area contributed by atoms with Crippen molar-refractivity contribution in [3.05, 3.63) is 23.3 Å². The molecule has 0 aliphatic heterocycles. The molecule has 0 bridgehead atoms. The highest BCUT2D eigenvalue weighted by Crippen LogP contribution is 2.32. The smallest absolute Gasteiger partial charge is 0.339 e. The molecule has 0 heterocycles. The summed E-state index contributed by atoms with van der Waals surface area (Å²) in [6.45, 7) is 3.82. The lowest BCUT2D eigenvalue weighted by Crippen LogP contribution is -2.02. The summed E-state index contributed by atoms with van der Waals surface area (Å²) >= 11 is 0. The molecule has 0 unspecified atom stereocenters. The normalized spacial score (nSPS) is 10.4. The zero-order chi connectivity index (χ0) is 11.6. The van der Waals surface area contributed by atoms with Gasteiger partial charge in [0, 0.05) is 5.56 Å². The van der Waals surface area contributed by atoms with E-state index in [-0.39, 0.29) is 23.0 Å². The number of hydrogen-bond donors (Lipinski definition) is 2. The topological polar surface area (TPSA) is 66.8 Å². The van der Waals surface area contributed by atoms with E-state index in [0.717, 1.165) is 0 Å². The Morgan fingerprint density at radius 1 is 1.40 bits per heavy atom. The van der Waals surface area contributed by atoms with Crippen LogP contribution in [0.2, 0.25) is 0 Å². The average Bonchev–Trinajstić information content (AvgIpc) is 2.16. The molecule has 0 saturated carbocycles. The van der Waals surface area contributed by atoms with Crippen LogP contribution in [-0.4, -0.2) is 23.3 Å². The fraction of sp³-hybridized carbons (Fsp3) is 0.364. The van der Waals surface area contributed by atoms with E-state index < -0.39 is 5.97 Å². The van der Waals surface area contributed by atoms with Gasteiger partial charge in [-0.15, -0.1) is 0 Å². The van der Waals surface area contributed by atoms with Gasteiger partial charge < -0.3 is 14.9 Å². The minimum Gasteiger partial charge on any atom is -0.508 e. The predicted molar refractivity (Wildman–Crippen MR) is 55.7 cm³/mol. The third kappa shape index (κ3) is 2.21. The molecule has 0 amide bonds. The van der Waals surface area contributed by atoms with E-state index >= 15 is 0 Å². The van der Waals surface area contributed by atoms with Crippen molar-refractivity contribution in [3.8, 4) is 11.5 Å².